The molecule has 0 aromatic carbocycles. The maximum Gasteiger partial charge on any atom is 0.0319 e. The Hall–Kier alpha value is 0.554. The Bertz CT molecular complexity index is 18.6. The van der Waals surface area contributed by atoms with Crippen molar-refractivity contribution in [2.75, 3.05) is 28.4 Å². The first-order valence-electron chi connectivity index (χ1n) is 3.13. The van der Waals surface area contributed by atoms with Crippen LogP contribution < -0.4 is 5.73 Å². The maximum atomic E-state index is 7.00. The Kier molecular flexibility index (Phi) is 1730. The summed E-state index contributed by atoms with van der Waals surface area (Å²) in [5.41, 5.74) is 4.50. The number of nitrogens with two attached hydrogens (primary N) is 1. The third-order valence-electron chi connectivity index (χ3n) is 0. The van der Waals surface area contributed by atoms with Crippen LogP contribution >= 0.6 is 0 Å². The van der Waals surface area contributed by atoms with Crippen molar-refractivity contribution in [2.24, 2.45) is 5.73 Å². The normalized spacial score (nSPS) is 3.50. The Balaban J connectivity index is -0.00000000933. The predicted octanol–water partition coefficient (Wildman–Crippen LogP) is -0.372. The Labute approximate surface area is 91.7 Å². The fourth-order valence-electron chi connectivity index (χ4n) is 0. The van der Waals surface area contributed by atoms with E-state index in [1.165, 1.54) is 7.05 Å². The van der Waals surface area contributed by atoms with Gasteiger partial charge in [0.2, 0.25) is 0 Å². The molecule has 0 rings (SSSR count). The fourth-order valence-corrected chi connectivity index (χ4v) is 0. The maximum absolute atomic E-state index is 7.00. The van der Waals surface area contributed by atoms with Crippen molar-refractivity contribution >= 4 is 0 Å². The molecule has 0 aliphatic carbocycles. The molecule has 0 saturated carbocycles. The first-order valence-corrected chi connectivity index (χ1v) is 3.13. The van der Waals surface area contributed by atoms with Gasteiger partial charge < -0.3 is 28.0 Å². The molecule has 0 aromatic rings. The van der Waals surface area contributed by atoms with Gasteiger partial charge in [0.15, 0.2) is 0 Å². The van der Waals surface area contributed by atoms with Crippen molar-refractivity contribution in [1.82, 2.24) is 0 Å². The minimum absolute atomic E-state index is 0. The molecular weight excluding hydrogens is 194 g/mol. The van der Waals surface area contributed by atoms with E-state index in [4.69, 9.17) is 15.3 Å². The molecule has 0 spiro atoms. The summed E-state index contributed by atoms with van der Waals surface area (Å²) in [5, 5.41) is 21.0. The van der Waals surface area contributed by atoms with Gasteiger partial charge in [-0.3, -0.25) is 0 Å². The second-order valence-corrected chi connectivity index (χ2v) is 0.500. The molecular formula is C7H24NO3Ti-. The molecule has 4 nitrogen and oxygen atoms in total. The van der Waals surface area contributed by atoms with E-state index in [9.17, 15) is 0 Å². The second-order valence-electron chi connectivity index (χ2n) is 0.500. The number of hydrogen-bond donors (Lipinski definition) is 4. The Morgan fingerprint density at radius 2 is 0.917 bits per heavy atom. The molecule has 5 N–H and O–H groups in total. The molecule has 0 saturated heterocycles. The summed E-state index contributed by atoms with van der Waals surface area (Å²) in [7, 11) is 4.50. The van der Waals surface area contributed by atoms with E-state index >= 15 is 0 Å². The molecule has 0 amide bonds. The van der Waals surface area contributed by atoms with Crippen LogP contribution in [0.15, 0.2) is 0 Å². The van der Waals surface area contributed by atoms with E-state index in [1.54, 1.807) is 0 Å². The molecule has 0 radical (unpaired) electrons. The van der Waals surface area contributed by atoms with Gasteiger partial charge in [-0.05, 0) is 7.05 Å². The van der Waals surface area contributed by atoms with E-state index < -0.39 is 0 Å². The first-order chi connectivity index (χ1) is 5.41. The van der Waals surface area contributed by atoms with Gasteiger partial charge in [0.25, 0.3) is 0 Å². The number of aliphatic hydroxyl groups is 3. The van der Waals surface area contributed by atoms with Crippen LogP contribution in [0, 0.1) is 6.92 Å². The topological polar surface area (TPSA) is 86.7 Å². The van der Waals surface area contributed by atoms with Crippen molar-refractivity contribution in [2.45, 2.75) is 13.3 Å². The van der Waals surface area contributed by atoms with Gasteiger partial charge in [-0.25, -0.2) is 0 Å². The zero-order valence-electron chi connectivity index (χ0n) is 8.83. The molecule has 80 valence electrons. The molecule has 12 heavy (non-hydrogen) atoms. The van der Waals surface area contributed by atoms with Crippen molar-refractivity contribution in [3.05, 3.63) is 6.92 Å². The second kappa shape index (κ2) is 533. The Morgan fingerprint density at radius 3 is 0.917 bits per heavy atom. The summed E-state index contributed by atoms with van der Waals surface area (Å²) in [6.07, 6.45) is 1.00. The summed E-state index contributed by atoms with van der Waals surface area (Å²) in [4.78, 5) is 0. The smallest absolute Gasteiger partial charge is 0.0319 e. The molecule has 0 heterocycles. The standard InChI is InChI=1S/C3H7.CH5N.3CH4O.Ti/c1-3-2;4*1-2;/h1,3H2,2H3;2H2,1H3;3*2H,1H3;/q-1;;;;;. The molecule has 0 bridgehead atoms. The van der Waals surface area contributed by atoms with E-state index in [0.29, 0.717) is 0 Å². The van der Waals surface area contributed by atoms with Gasteiger partial charge in [-0.2, -0.15) is 6.42 Å². The van der Waals surface area contributed by atoms with Gasteiger partial charge in [-0.1, -0.05) is 6.92 Å². The average molecular weight is 218 g/mol. The molecule has 0 unspecified atom stereocenters. The number of rotatable bonds is 0. The third-order valence-corrected chi connectivity index (χ3v) is 0. The van der Waals surface area contributed by atoms with Crippen molar-refractivity contribution < 1.29 is 37.0 Å². The molecule has 0 atom stereocenters. The minimum atomic E-state index is 0. The van der Waals surface area contributed by atoms with Gasteiger partial charge >= 0.3 is 0 Å². The summed E-state index contributed by atoms with van der Waals surface area (Å²) in [5.74, 6) is 0. The minimum Gasteiger partial charge on any atom is -0.400 e. The number of aliphatic hydroxyl groups excluding tert-OH is 3. The summed E-state index contributed by atoms with van der Waals surface area (Å²) in [6, 6.07) is 0. The van der Waals surface area contributed by atoms with Crippen LogP contribution in [0.25, 0.3) is 0 Å². The van der Waals surface area contributed by atoms with Crippen LogP contribution in [0.2, 0.25) is 0 Å². The quantitative estimate of drug-likeness (QED) is 0.330. The molecule has 0 fully saturated rings. The van der Waals surface area contributed by atoms with E-state index in [-0.39, 0.29) is 21.7 Å². The summed E-state index contributed by atoms with van der Waals surface area (Å²) < 4.78 is 0. The van der Waals surface area contributed by atoms with E-state index in [0.717, 1.165) is 27.8 Å². The van der Waals surface area contributed by atoms with E-state index in [2.05, 4.69) is 12.7 Å². The molecule has 5 heteroatoms. The molecule has 0 aromatic heterocycles. The Morgan fingerprint density at radius 1 is 0.917 bits per heavy atom. The predicted molar refractivity (Wildman–Crippen MR) is 50.2 cm³/mol. The van der Waals surface area contributed by atoms with Crippen molar-refractivity contribution in [3.8, 4) is 0 Å². The first kappa shape index (κ1) is 39.0. The third kappa shape index (κ3) is 3140. The average Bonchev–Trinajstić information content (AvgIpc) is 2.18. The van der Waals surface area contributed by atoms with E-state index in [1.807, 2.05) is 6.92 Å². The summed E-state index contributed by atoms with van der Waals surface area (Å²) >= 11 is 0. The zero-order valence-corrected chi connectivity index (χ0v) is 10.4. The van der Waals surface area contributed by atoms with Crippen molar-refractivity contribution in [1.29, 1.82) is 0 Å². The zero-order chi connectivity index (χ0) is 10.7. The van der Waals surface area contributed by atoms with Crippen LogP contribution in [-0.4, -0.2) is 43.7 Å². The van der Waals surface area contributed by atoms with Crippen LogP contribution in [0.1, 0.15) is 13.3 Å². The summed E-state index contributed by atoms with van der Waals surface area (Å²) in [6.45, 7) is 5.50. The van der Waals surface area contributed by atoms with Crippen LogP contribution in [0.4, 0.5) is 0 Å². The van der Waals surface area contributed by atoms with Crippen LogP contribution in [0.3, 0.4) is 0 Å². The SMILES string of the molecule is CN.CO.CO.CO.[CH2-]CC.[Ti]. The van der Waals surface area contributed by atoms with Gasteiger partial charge in [0.1, 0.15) is 0 Å². The van der Waals surface area contributed by atoms with Crippen LogP contribution in [0.5, 0.6) is 0 Å². The van der Waals surface area contributed by atoms with Crippen molar-refractivity contribution in [3.63, 3.8) is 0 Å². The fraction of sp³-hybridized carbons (Fsp3) is 0.857. The largest absolute Gasteiger partial charge is 0.400 e. The van der Waals surface area contributed by atoms with Gasteiger partial charge in [0.05, 0.1) is 0 Å². The molecule has 0 aliphatic heterocycles. The molecule has 0 aliphatic rings. The van der Waals surface area contributed by atoms with Gasteiger partial charge in [0, 0.05) is 43.0 Å². The number of hydrogen-bond acceptors (Lipinski definition) is 4. The van der Waals surface area contributed by atoms with Crippen LogP contribution in [-0.2, 0) is 21.7 Å². The monoisotopic (exact) mass is 218 g/mol. The van der Waals surface area contributed by atoms with Gasteiger partial charge in [-0.15, -0.1) is 0 Å².